The van der Waals surface area contributed by atoms with Crippen molar-refractivity contribution in [1.29, 1.82) is 0 Å². The van der Waals surface area contributed by atoms with Gasteiger partial charge in [0.05, 0.1) is 7.11 Å². The molecule has 17 heavy (non-hydrogen) atoms. The Kier molecular flexibility index (Phi) is 4.39. The molecule has 0 aliphatic carbocycles. The van der Waals surface area contributed by atoms with Crippen LogP contribution in [0, 0.1) is 3.57 Å². The predicted molar refractivity (Wildman–Crippen MR) is 74.6 cm³/mol. The average molecular weight is 345 g/mol. The third-order valence-corrected chi connectivity index (χ3v) is 3.86. The van der Waals surface area contributed by atoms with Crippen LogP contribution in [0.5, 0.6) is 0 Å². The molecule has 0 spiro atoms. The molecule has 0 N–H and O–H groups in total. The SMILES string of the molecule is COC(=O)C1CCCN1Cc1ccc(I)cc1. The summed E-state index contributed by atoms with van der Waals surface area (Å²) in [5, 5.41) is 0. The molecule has 92 valence electrons. The summed E-state index contributed by atoms with van der Waals surface area (Å²) in [4.78, 5) is 13.8. The molecule has 1 heterocycles. The number of methoxy groups -OCH3 is 1. The lowest BCUT2D eigenvalue weighted by molar-refractivity contribution is -0.146. The van der Waals surface area contributed by atoms with Crippen LogP contribution in [0.4, 0.5) is 0 Å². The van der Waals surface area contributed by atoms with Crippen molar-refractivity contribution in [3.63, 3.8) is 0 Å². The second-order valence-corrected chi connectivity index (χ2v) is 5.52. The summed E-state index contributed by atoms with van der Waals surface area (Å²) in [6, 6.07) is 8.38. The minimum absolute atomic E-state index is 0.0562. The van der Waals surface area contributed by atoms with Gasteiger partial charge in [0.15, 0.2) is 0 Å². The summed E-state index contributed by atoms with van der Waals surface area (Å²) in [7, 11) is 1.46. The van der Waals surface area contributed by atoms with Gasteiger partial charge in [0.2, 0.25) is 0 Å². The van der Waals surface area contributed by atoms with Crippen molar-refractivity contribution >= 4 is 28.6 Å². The number of hydrogen-bond donors (Lipinski definition) is 0. The molecule has 1 aliphatic heterocycles. The smallest absolute Gasteiger partial charge is 0.323 e. The first-order valence-corrected chi connectivity index (χ1v) is 6.85. The largest absolute Gasteiger partial charge is 0.468 e. The van der Waals surface area contributed by atoms with E-state index in [0.717, 1.165) is 25.9 Å². The van der Waals surface area contributed by atoms with Crippen LogP contribution in [-0.2, 0) is 16.1 Å². The average Bonchev–Trinajstić information content (AvgIpc) is 2.79. The fourth-order valence-corrected chi connectivity index (χ4v) is 2.60. The maximum absolute atomic E-state index is 11.6. The maximum atomic E-state index is 11.6. The summed E-state index contributed by atoms with van der Waals surface area (Å²) < 4.78 is 6.07. The van der Waals surface area contributed by atoms with Crippen molar-refractivity contribution in [3.8, 4) is 0 Å². The fraction of sp³-hybridized carbons (Fsp3) is 0.462. The van der Waals surface area contributed by atoms with E-state index in [0.29, 0.717) is 0 Å². The molecule has 0 amide bonds. The summed E-state index contributed by atoms with van der Waals surface area (Å²) >= 11 is 2.29. The van der Waals surface area contributed by atoms with E-state index in [-0.39, 0.29) is 12.0 Å². The summed E-state index contributed by atoms with van der Waals surface area (Å²) in [6.45, 7) is 1.81. The van der Waals surface area contributed by atoms with Crippen LogP contribution in [0.25, 0.3) is 0 Å². The van der Waals surface area contributed by atoms with Crippen molar-refractivity contribution in [2.45, 2.75) is 25.4 Å². The van der Waals surface area contributed by atoms with E-state index in [9.17, 15) is 4.79 Å². The molecule has 0 saturated carbocycles. The number of likely N-dealkylation sites (tertiary alicyclic amines) is 1. The van der Waals surface area contributed by atoms with E-state index in [2.05, 4.69) is 51.8 Å². The minimum Gasteiger partial charge on any atom is -0.468 e. The Morgan fingerprint density at radius 1 is 1.47 bits per heavy atom. The number of carbonyl (C=O) groups is 1. The summed E-state index contributed by atoms with van der Waals surface area (Å²) in [5.41, 5.74) is 1.25. The van der Waals surface area contributed by atoms with Gasteiger partial charge < -0.3 is 4.74 Å². The van der Waals surface area contributed by atoms with Crippen molar-refractivity contribution in [1.82, 2.24) is 4.90 Å². The highest BCUT2D eigenvalue weighted by molar-refractivity contribution is 14.1. The van der Waals surface area contributed by atoms with E-state index in [1.165, 1.54) is 16.2 Å². The van der Waals surface area contributed by atoms with Gasteiger partial charge >= 0.3 is 5.97 Å². The number of ether oxygens (including phenoxy) is 1. The zero-order valence-electron chi connectivity index (χ0n) is 9.86. The Morgan fingerprint density at radius 3 is 2.82 bits per heavy atom. The lowest BCUT2D eigenvalue weighted by atomic mass is 10.2. The number of hydrogen-bond acceptors (Lipinski definition) is 3. The highest BCUT2D eigenvalue weighted by Crippen LogP contribution is 2.21. The predicted octanol–water partition coefficient (Wildman–Crippen LogP) is 2.43. The molecule has 3 nitrogen and oxygen atoms in total. The first-order chi connectivity index (χ1) is 8.20. The number of benzene rings is 1. The lowest BCUT2D eigenvalue weighted by Gasteiger charge is -2.22. The molecule has 1 unspecified atom stereocenters. The van der Waals surface area contributed by atoms with E-state index >= 15 is 0 Å². The van der Waals surface area contributed by atoms with Gasteiger partial charge in [-0.3, -0.25) is 9.69 Å². The van der Waals surface area contributed by atoms with Crippen molar-refractivity contribution in [3.05, 3.63) is 33.4 Å². The van der Waals surface area contributed by atoms with Crippen LogP contribution < -0.4 is 0 Å². The standard InChI is InChI=1S/C13H16INO2/c1-17-13(16)12-3-2-8-15(12)9-10-4-6-11(14)7-5-10/h4-7,12H,2-3,8-9H2,1H3. The van der Waals surface area contributed by atoms with E-state index in [1.807, 2.05) is 0 Å². The number of esters is 1. The highest BCUT2D eigenvalue weighted by atomic mass is 127. The van der Waals surface area contributed by atoms with Gasteiger partial charge in [-0.1, -0.05) is 12.1 Å². The molecule has 1 saturated heterocycles. The molecule has 1 aromatic carbocycles. The van der Waals surface area contributed by atoms with Gasteiger partial charge in [-0.15, -0.1) is 0 Å². The molecule has 4 heteroatoms. The summed E-state index contributed by atoms with van der Waals surface area (Å²) in [6.07, 6.45) is 1.99. The molecule has 0 radical (unpaired) electrons. The highest BCUT2D eigenvalue weighted by Gasteiger charge is 2.31. The Bertz CT molecular complexity index is 391. The monoisotopic (exact) mass is 345 g/mol. The van der Waals surface area contributed by atoms with Gasteiger partial charge in [0.25, 0.3) is 0 Å². The van der Waals surface area contributed by atoms with Crippen molar-refractivity contribution in [2.24, 2.45) is 0 Å². The van der Waals surface area contributed by atoms with Gasteiger partial charge in [0, 0.05) is 10.1 Å². The number of halogens is 1. The van der Waals surface area contributed by atoms with Gasteiger partial charge in [0.1, 0.15) is 6.04 Å². The molecule has 1 atom stereocenters. The van der Waals surface area contributed by atoms with Gasteiger partial charge in [-0.25, -0.2) is 0 Å². The summed E-state index contributed by atoms with van der Waals surface area (Å²) in [5.74, 6) is -0.104. The molecular formula is C13H16INO2. The molecule has 1 fully saturated rings. The quantitative estimate of drug-likeness (QED) is 0.623. The Balaban J connectivity index is 2.02. The third-order valence-electron chi connectivity index (χ3n) is 3.14. The van der Waals surface area contributed by atoms with Gasteiger partial charge in [-0.05, 0) is 59.7 Å². The fourth-order valence-electron chi connectivity index (χ4n) is 2.24. The number of rotatable bonds is 3. The Labute approximate surface area is 115 Å². The Hall–Kier alpha value is -0.620. The molecule has 1 aromatic rings. The molecule has 0 bridgehead atoms. The molecular weight excluding hydrogens is 329 g/mol. The van der Waals surface area contributed by atoms with Crippen LogP contribution in [0.15, 0.2) is 24.3 Å². The lowest BCUT2D eigenvalue weighted by Crippen LogP contribution is -2.36. The number of nitrogens with zero attached hydrogens (tertiary/aromatic N) is 1. The first kappa shape index (κ1) is 12.8. The Morgan fingerprint density at radius 2 is 2.18 bits per heavy atom. The van der Waals surface area contributed by atoms with Gasteiger partial charge in [-0.2, -0.15) is 0 Å². The topological polar surface area (TPSA) is 29.5 Å². The van der Waals surface area contributed by atoms with Crippen LogP contribution in [0.3, 0.4) is 0 Å². The molecule has 2 rings (SSSR count). The molecule has 1 aliphatic rings. The second kappa shape index (κ2) is 5.82. The van der Waals surface area contributed by atoms with Crippen molar-refractivity contribution < 1.29 is 9.53 Å². The van der Waals surface area contributed by atoms with E-state index < -0.39 is 0 Å². The van der Waals surface area contributed by atoms with Crippen LogP contribution in [-0.4, -0.2) is 30.6 Å². The maximum Gasteiger partial charge on any atom is 0.323 e. The number of carbonyl (C=O) groups excluding carboxylic acids is 1. The van der Waals surface area contributed by atoms with Crippen LogP contribution >= 0.6 is 22.6 Å². The van der Waals surface area contributed by atoms with Crippen LogP contribution in [0.1, 0.15) is 18.4 Å². The van der Waals surface area contributed by atoms with E-state index in [4.69, 9.17) is 4.74 Å². The van der Waals surface area contributed by atoms with E-state index in [1.54, 1.807) is 0 Å². The van der Waals surface area contributed by atoms with Crippen molar-refractivity contribution in [2.75, 3.05) is 13.7 Å². The third kappa shape index (κ3) is 3.19. The normalized spacial score (nSPS) is 20.5. The molecule has 0 aromatic heterocycles. The first-order valence-electron chi connectivity index (χ1n) is 5.77. The minimum atomic E-state index is -0.104. The van der Waals surface area contributed by atoms with Crippen LogP contribution in [0.2, 0.25) is 0 Å². The second-order valence-electron chi connectivity index (χ2n) is 4.28. The zero-order valence-corrected chi connectivity index (χ0v) is 12.0. The zero-order chi connectivity index (χ0) is 12.3.